The molecular formula is C22H22N8. The Morgan fingerprint density at radius 3 is 2.73 bits per heavy atom. The molecule has 8 heteroatoms. The van der Waals surface area contributed by atoms with Crippen LogP contribution in [-0.2, 0) is 0 Å². The van der Waals surface area contributed by atoms with Crippen molar-refractivity contribution >= 4 is 5.65 Å². The van der Waals surface area contributed by atoms with Crippen molar-refractivity contribution in [2.24, 2.45) is 5.92 Å². The molecule has 2 saturated carbocycles. The molecule has 1 unspecified atom stereocenters. The molecule has 6 rings (SSSR count). The number of nitriles is 1. The summed E-state index contributed by atoms with van der Waals surface area (Å²) in [7, 11) is 0. The topological polar surface area (TPSA) is 89.6 Å². The number of aromatic nitrogens is 7. The largest absolute Gasteiger partial charge is 0.284 e. The van der Waals surface area contributed by atoms with Crippen molar-refractivity contribution in [2.75, 3.05) is 0 Å². The van der Waals surface area contributed by atoms with Gasteiger partial charge in [-0.15, -0.1) is 0 Å². The molecule has 30 heavy (non-hydrogen) atoms. The van der Waals surface area contributed by atoms with E-state index in [0.717, 1.165) is 28.3 Å². The molecule has 150 valence electrons. The van der Waals surface area contributed by atoms with Crippen LogP contribution in [0.4, 0.5) is 0 Å². The molecule has 4 aromatic heterocycles. The fraction of sp³-hybridized carbons (Fsp3) is 0.409. The van der Waals surface area contributed by atoms with Crippen LogP contribution in [0.1, 0.15) is 50.6 Å². The molecule has 2 fully saturated rings. The van der Waals surface area contributed by atoms with Crippen LogP contribution in [0.25, 0.3) is 28.3 Å². The van der Waals surface area contributed by atoms with E-state index in [1.165, 1.54) is 32.1 Å². The summed E-state index contributed by atoms with van der Waals surface area (Å²) < 4.78 is 6.00. The van der Waals surface area contributed by atoms with Crippen molar-refractivity contribution < 1.29 is 0 Å². The summed E-state index contributed by atoms with van der Waals surface area (Å²) in [6, 6.07) is 4.98. The van der Waals surface area contributed by atoms with Crippen LogP contribution in [0.5, 0.6) is 0 Å². The SMILES string of the molecule is N#CCC(C1CC1)n1cc(-c2nc(-c3cnn(C4CCC4)c3)cc3nccn23)cn1. The van der Waals surface area contributed by atoms with Crippen molar-refractivity contribution in [2.45, 2.75) is 50.6 Å². The lowest BCUT2D eigenvalue weighted by Gasteiger charge is -2.25. The van der Waals surface area contributed by atoms with Crippen LogP contribution in [-0.4, -0.2) is 33.9 Å². The third kappa shape index (κ3) is 2.89. The standard InChI is InChI=1S/C22H22N8/c23-7-6-20(15-4-5-15)30-14-17(12-26-30)22-27-19(10-21-24-8-9-28(21)22)16-11-25-29(13-16)18-2-1-3-18/h8-15,18,20H,1-6H2. The minimum absolute atomic E-state index is 0.144. The van der Waals surface area contributed by atoms with Crippen LogP contribution >= 0.6 is 0 Å². The molecule has 0 amide bonds. The maximum atomic E-state index is 9.21. The molecule has 0 aromatic carbocycles. The zero-order valence-corrected chi connectivity index (χ0v) is 16.6. The Labute approximate surface area is 173 Å². The van der Waals surface area contributed by atoms with E-state index in [9.17, 15) is 5.26 Å². The van der Waals surface area contributed by atoms with Gasteiger partial charge in [0, 0.05) is 36.4 Å². The van der Waals surface area contributed by atoms with Crippen LogP contribution in [0.3, 0.4) is 0 Å². The van der Waals surface area contributed by atoms with Crippen molar-refractivity contribution in [1.29, 1.82) is 5.26 Å². The average molecular weight is 398 g/mol. The third-order valence-electron chi connectivity index (χ3n) is 6.40. The summed E-state index contributed by atoms with van der Waals surface area (Å²) in [4.78, 5) is 9.46. The summed E-state index contributed by atoms with van der Waals surface area (Å²) >= 11 is 0. The highest BCUT2D eigenvalue weighted by molar-refractivity contribution is 5.68. The van der Waals surface area contributed by atoms with Gasteiger partial charge in [-0.05, 0) is 38.0 Å². The van der Waals surface area contributed by atoms with Gasteiger partial charge in [0.2, 0.25) is 0 Å². The Morgan fingerprint density at radius 1 is 1.10 bits per heavy atom. The Balaban J connectivity index is 1.40. The van der Waals surface area contributed by atoms with Gasteiger partial charge in [-0.3, -0.25) is 13.8 Å². The quantitative estimate of drug-likeness (QED) is 0.489. The highest BCUT2D eigenvalue weighted by Crippen LogP contribution is 2.41. The highest BCUT2D eigenvalue weighted by atomic mass is 15.3. The van der Waals surface area contributed by atoms with Gasteiger partial charge in [-0.25, -0.2) is 9.97 Å². The zero-order valence-electron chi connectivity index (χ0n) is 16.6. The number of hydrogen-bond donors (Lipinski definition) is 0. The minimum Gasteiger partial charge on any atom is -0.284 e. The first-order valence-electron chi connectivity index (χ1n) is 10.6. The average Bonchev–Trinajstić information content (AvgIpc) is 3.12. The summed E-state index contributed by atoms with van der Waals surface area (Å²) in [5.41, 5.74) is 3.63. The molecule has 4 heterocycles. The lowest BCUT2D eigenvalue weighted by Crippen LogP contribution is -2.16. The summed E-state index contributed by atoms with van der Waals surface area (Å²) in [5, 5.41) is 18.4. The number of imidazole rings is 1. The monoisotopic (exact) mass is 398 g/mol. The maximum Gasteiger partial charge on any atom is 0.149 e. The molecule has 2 aliphatic carbocycles. The second-order valence-corrected chi connectivity index (χ2v) is 8.39. The van der Waals surface area contributed by atoms with E-state index in [1.807, 2.05) is 39.9 Å². The van der Waals surface area contributed by atoms with E-state index in [0.29, 0.717) is 18.4 Å². The first-order valence-corrected chi connectivity index (χ1v) is 10.6. The molecular weight excluding hydrogens is 376 g/mol. The Morgan fingerprint density at radius 2 is 1.97 bits per heavy atom. The summed E-state index contributed by atoms with van der Waals surface area (Å²) in [6.07, 6.45) is 18.1. The van der Waals surface area contributed by atoms with E-state index in [2.05, 4.69) is 32.1 Å². The number of rotatable bonds is 6. The second kappa shape index (κ2) is 6.80. The Bertz CT molecular complexity index is 1250. The molecule has 0 N–H and O–H groups in total. The van der Waals surface area contributed by atoms with E-state index < -0.39 is 0 Å². The van der Waals surface area contributed by atoms with Crippen LogP contribution in [0.15, 0.2) is 43.2 Å². The van der Waals surface area contributed by atoms with Gasteiger partial charge in [0.05, 0.1) is 48.2 Å². The lowest BCUT2D eigenvalue weighted by molar-refractivity contribution is 0.289. The molecule has 0 aliphatic heterocycles. The maximum absolute atomic E-state index is 9.21. The van der Waals surface area contributed by atoms with Crippen molar-refractivity contribution in [3.8, 4) is 28.7 Å². The predicted molar refractivity (Wildman–Crippen MR) is 110 cm³/mol. The van der Waals surface area contributed by atoms with Crippen LogP contribution in [0.2, 0.25) is 0 Å². The van der Waals surface area contributed by atoms with E-state index >= 15 is 0 Å². The van der Waals surface area contributed by atoms with Crippen molar-refractivity contribution in [1.82, 2.24) is 33.9 Å². The first kappa shape index (κ1) is 17.4. The Kier molecular flexibility index (Phi) is 3.94. The van der Waals surface area contributed by atoms with Crippen molar-refractivity contribution in [3.05, 3.63) is 43.2 Å². The first-order chi connectivity index (χ1) is 14.8. The molecule has 2 aliphatic rings. The number of nitrogens with zero attached hydrogens (tertiary/aromatic N) is 8. The number of fused-ring (bicyclic) bond motifs is 1. The van der Waals surface area contributed by atoms with E-state index in [4.69, 9.17) is 4.98 Å². The summed E-state index contributed by atoms with van der Waals surface area (Å²) in [5.74, 6) is 1.36. The smallest absolute Gasteiger partial charge is 0.149 e. The zero-order chi connectivity index (χ0) is 20.1. The third-order valence-corrected chi connectivity index (χ3v) is 6.40. The van der Waals surface area contributed by atoms with Gasteiger partial charge in [0.15, 0.2) is 0 Å². The van der Waals surface area contributed by atoms with Gasteiger partial charge in [0.25, 0.3) is 0 Å². The molecule has 0 spiro atoms. The van der Waals surface area contributed by atoms with Gasteiger partial charge in [-0.1, -0.05) is 0 Å². The molecule has 0 bridgehead atoms. The van der Waals surface area contributed by atoms with Gasteiger partial charge >= 0.3 is 0 Å². The second-order valence-electron chi connectivity index (χ2n) is 8.39. The molecule has 0 saturated heterocycles. The predicted octanol–water partition coefficient (Wildman–Crippen LogP) is 4.05. The Hall–Kier alpha value is -3.47. The van der Waals surface area contributed by atoms with Gasteiger partial charge in [0.1, 0.15) is 11.5 Å². The van der Waals surface area contributed by atoms with E-state index in [-0.39, 0.29) is 6.04 Å². The van der Waals surface area contributed by atoms with Crippen LogP contribution < -0.4 is 0 Å². The van der Waals surface area contributed by atoms with Crippen molar-refractivity contribution in [3.63, 3.8) is 0 Å². The molecule has 0 radical (unpaired) electrons. The molecule has 1 atom stereocenters. The normalized spacial score (nSPS) is 17.7. The minimum atomic E-state index is 0.144. The van der Waals surface area contributed by atoms with Crippen LogP contribution in [0, 0.1) is 17.2 Å². The summed E-state index contributed by atoms with van der Waals surface area (Å²) in [6.45, 7) is 0. The van der Waals surface area contributed by atoms with Gasteiger partial charge in [-0.2, -0.15) is 15.5 Å². The molecule has 4 aromatic rings. The highest BCUT2D eigenvalue weighted by Gasteiger charge is 2.33. The lowest BCUT2D eigenvalue weighted by atomic mass is 9.93. The fourth-order valence-corrected chi connectivity index (χ4v) is 4.28. The fourth-order valence-electron chi connectivity index (χ4n) is 4.28. The van der Waals surface area contributed by atoms with Gasteiger partial charge < -0.3 is 0 Å². The molecule has 8 nitrogen and oxygen atoms in total. The van der Waals surface area contributed by atoms with E-state index in [1.54, 1.807) is 6.20 Å². The number of hydrogen-bond acceptors (Lipinski definition) is 5.